The number of ether oxygens (including phenoxy) is 4. The van der Waals surface area contributed by atoms with E-state index in [1.54, 1.807) is 4.90 Å². The van der Waals surface area contributed by atoms with Crippen LogP contribution in [0, 0.1) is 57.2 Å². The van der Waals surface area contributed by atoms with Gasteiger partial charge in [-0.05, 0) is 122 Å². The highest BCUT2D eigenvalue weighted by atomic mass is 16.6. The predicted molar refractivity (Wildman–Crippen MR) is 177 cm³/mol. The predicted octanol–water partition coefficient (Wildman–Crippen LogP) is 6.54. The number of carbonyl (C=O) groups is 2. The minimum absolute atomic E-state index is 0.0461. The molecule has 266 valence electrons. The van der Waals surface area contributed by atoms with Gasteiger partial charge in [-0.25, -0.2) is 9.59 Å². The van der Waals surface area contributed by atoms with Crippen molar-refractivity contribution < 1.29 is 33.6 Å². The van der Waals surface area contributed by atoms with Crippen molar-refractivity contribution >= 4 is 12.2 Å². The molecule has 8 rings (SSSR count). The van der Waals surface area contributed by atoms with Crippen LogP contribution in [-0.2, 0) is 18.9 Å². The monoisotopic (exact) mass is 658 g/mol. The Morgan fingerprint density at radius 3 is 2.28 bits per heavy atom. The number of fused-ring (bicyclic) bond motifs is 4. The zero-order chi connectivity index (χ0) is 33.5. The highest BCUT2D eigenvalue weighted by Gasteiger charge is 2.82. The van der Waals surface area contributed by atoms with E-state index in [2.05, 4.69) is 41.5 Å². The number of hydrogen-bond donors (Lipinski definition) is 2. The Morgan fingerprint density at radius 2 is 1.68 bits per heavy atom. The van der Waals surface area contributed by atoms with Gasteiger partial charge in [-0.2, -0.15) is 0 Å². The van der Waals surface area contributed by atoms with Crippen LogP contribution in [0.25, 0.3) is 0 Å². The molecule has 9 nitrogen and oxygen atoms in total. The third-order valence-corrected chi connectivity index (χ3v) is 15.4. The van der Waals surface area contributed by atoms with E-state index in [0.29, 0.717) is 23.7 Å². The minimum atomic E-state index is -0.657. The van der Waals surface area contributed by atoms with E-state index in [1.807, 2.05) is 0 Å². The molecule has 3 heterocycles. The van der Waals surface area contributed by atoms with Crippen molar-refractivity contribution in [3.05, 3.63) is 0 Å². The first kappa shape index (κ1) is 33.9. The molecule has 0 radical (unpaired) electrons. The number of nitrogens with two attached hydrogens (primary N) is 1. The number of nitrogens with zero attached hydrogens (tertiary/aromatic N) is 1. The third kappa shape index (κ3) is 5.16. The summed E-state index contributed by atoms with van der Waals surface area (Å²) in [6.07, 6.45) is 10.1. The maximum Gasteiger partial charge on any atom is 0.410 e. The first-order valence-corrected chi connectivity index (χ1v) is 19.1. The molecule has 3 N–H and O–H groups in total. The van der Waals surface area contributed by atoms with Crippen LogP contribution >= 0.6 is 0 Å². The van der Waals surface area contributed by atoms with Crippen LogP contribution in [0.2, 0.25) is 0 Å². The molecule has 0 aromatic heterocycles. The van der Waals surface area contributed by atoms with Crippen molar-refractivity contribution in [2.45, 2.75) is 143 Å². The Morgan fingerprint density at radius 1 is 0.957 bits per heavy atom. The Balaban J connectivity index is 0.000000644. The highest BCUT2D eigenvalue weighted by molar-refractivity contribution is 5.68. The molecule has 5 aliphatic carbocycles. The second kappa shape index (κ2) is 12.0. The standard InChI is InChI=1S/C34H54N2O6.C4H8O/c1-18(2)27(42-30(39)36-14-7-15-36)21-16-19(3)24-28(40-21)26(37)25-20-8-9-22-31(4,5)23(41-29(35)38)10-11-34(22)17-33(20,34)13-12-32(24,25)6;1-2-4-5-3-1/h18-28,37H,7-17H2,1-6H3,(H2,35,38);1-4H2/t19-,20?,21?,22?,23+,24?,25?,26-,27-,28?,32?,33+,34?;/m1./s1. The first-order valence-electron chi connectivity index (χ1n) is 19.1. The highest BCUT2D eigenvalue weighted by Crippen LogP contribution is 2.87. The van der Waals surface area contributed by atoms with Crippen LogP contribution in [0.4, 0.5) is 9.59 Å². The number of aliphatic hydroxyl groups is 1. The Labute approximate surface area is 282 Å². The largest absolute Gasteiger partial charge is 0.446 e. The van der Waals surface area contributed by atoms with Gasteiger partial charge in [0.05, 0.1) is 18.3 Å². The summed E-state index contributed by atoms with van der Waals surface area (Å²) in [7, 11) is 0. The summed E-state index contributed by atoms with van der Waals surface area (Å²) in [5.74, 6) is 2.08. The maximum absolute atomic E-state index is 12.8. The summed E-state index contributed by atoms with van der Waals surface area (Å²) in [4.78, 5) is 26.3. The minimum Gasteiger partial charge on any atom is -0.446 e. The molecule has 0 bridgehead atoms. The summed E-state index contributed by atoms with van der Waals surface area (Å²) in [5, 5.41) is 12.3. The van der Waals surface area contributed by atoms with E-state index in [4.69, 9.17) is 24.7 Å². The van der Waals surface area contributed by atoms with Crippen molar-refractivity contribution in [1.82, 2.24) is 4.90 Å². The average molecular weight is 659 g/mol. The number of amides is 2. The molecular formula is C38H62N2O7. The number of hydrogen-bond acceptors (Lipinski definition) is 7. The lowest BCUT2D eigenvalue weighted by molar-refractivity contribution is -0.180. The van der Waals surface area contributed by atoms with Gasteiger partial charge >= 0.3 is 12.2 Å². The average Bonchev–Trinajstić information content (AvgIpc) is 3.24. The van der Waals surface area contributed by atoms with Crippen LogP contribution in [0.5, 0.6) is 0 Å². The number of carbonyl (C=O) groups excluding carboxylic acids is 2. The molecule has 2 amide bonds. The van der Waals surface area contributed by atoms with Crippen LogP contribution in [-0.4, -0.2) is 79.0 Å². The first-order chi connectivity index (χ1) is 22.3. The fraction of sp³-hybridized carbons (Fsp3) is 0.947. The molecule has 5 saturated carbocycles. The Bertz CT molecular complexity index is 1190. The van der Waals surface area contributed by atoms with Gasteiger partial charge in [0.15, 0.2) is 0 Å². The van der Waals surface area contributed by atoms with Crippen LogP contribution < -0.4 is 5.73 Å². The van der Waals surface area contributed by atoms with Crippen LogP contribution in [0.3, 0.4) is 0 Å². The summed E-state index contributed by atoms with van der Waals surface area (Å²) in [6, 6.07) is 0. The normalized spacial score (nSPS) is 47.8. The fourth-order valence-electron chi connectivity index (χ4n) is 13.3. The molecular weight excluding hydrogens is 596 g/mol. The maximum atomic E-state index is 12.8. The summed E-state index contributed by atoms with van der Waals surface area (Å²) in [6.45, 7) is 17.2. The van der Waals surface area contributed by atoms with E-state index < -0.39 is 12.2 Å². The van der Waals surface area contributed by atoms with Crippen molar-refractivity contribution in [3.8, 4) is 0 Å². The second-order valence-corrected chi connectivity index (χ2v) is 18.2. The van der Waals surface area contributed by atoms with Crippen molar-refractivity contribution in [2.24, 2.45) is 62.9 Å². The van der Waals surface area contributed by atoms with Crippen LogP contribution in [0.1, 0.15) is 112 Å². The van der Waals surface area contributed by atoms with E-state index in [0.717, 1.165) is 71.2 Å². The molecule has 13 atom stereocenters. The van der Waals surface area contributed by atoms with Crippen molar-refractivity contribution in [3.63, 3.8) is 0 Å². The lowest BCUT2D eigenvalue weighted by Gasteiger charge is -2.59. The van der Waals surface area contributed by atoms with E-state index >= 15 is 0 Å². The SMILES string of the molecule is C1CCOC1.CC(C)[C@@H](OC(=O)N1CCC1)C1C[C@@H](C)C2C(O1)[C@H](O)C1C3CCC4C(C)(C)[C@@H](OC(N)=O)CCC45C[C@@]35CCC12C. The zero-order valence-corrected chi connectivity index (χ0v) is 29.9. The molecule has 47 heavy (non-hydrogen) atoms. The molecule has 3 saturated heterocycles. The number of likely N-dealkylation sites (tertiary alicyclic amines) is 1. The molecule has 9 heteroatoms. The number of rotatable bonds is 4. The van der Waals surface area contributed by atoms with Gasteiger partial charge in [0.2, 0.25) is 0 Å². The molecule has 0 aromatic rings. The molecule has 8 unspecified atom stereocenters. The molecule has 2 spiro atoms. The van der Waals surface area contributed by atoms with Gasteiger partial charge in [0.25, 0.3) is 0 Å². The lowest BCUT2D eigenvalue weighted by atomic mass is 9.46. The number of aliphatic hydroxyl groups excluding tert-OH is 1. The van der Waals surface area contributed by atoms with E-state index in [-0.39, 0.29) is 64.0 Å². The molecule has 8 fully saturated rings. The lowest BCUT2D eigenvalue weighted by Crippen LogP contribution is -2.56. The van der Waals surface area contributed by atoms with Crippen molar-refractivity contribution in [1.29, 1.82) is 0 Å². The van der Waals surface area contributed by atoms with E-state index in [9.17, 15) is 14.7 Å². The van der Waals surface area contributed by atoms with Crippen molar-refractivity contribution in [2.75, 3.05) is 26.3 Å². The quantitative estimate of drug-likeness (QED) is 0.352. The Kier molecular flexibility index (Phi) is 8.68. The van der Waals surface area contributed by atoms with Gasteiger partial charge in [-0.15, -0.1) is 0 Å². The van der Waals surface area contributed by atoms with E-state index in [1.165, 1.54) is 25.7 Å². The van der Waals surface area contributed by atoms with Gasteiger partial charge in [0.1, 0.15) is 12.2 Å². The zero-order valence-electron chi connectivity index (χ0n) is 29.9. The third-order valence-electron chi connectivity index (χ3n) is 15.4. The molecule has 0 aromatic carbocycles. The summed E-state index contributed by atoms with van der Waals surface area (Å²) >= 11 is 0. The van der Waals surface area contributed by atoms with Gasteiger partial charge < -0.3 is 34.7 Å². The van der Waals surface area contributed by atoms with Gasteiger partial charge in [-0.1, -0.05) is 41.5 Å². The summed E-state index contributed by atoms with van der Waals surface area (Å²) in [5.41, 5.74) is 5.99. The smallest absolute Gasteiger partial charge is 0.410 e. The molecule has 8 aliphatic rings. The van der Waals surface area contributed by atoms with Gasteiger partial charge in [0, 0.05) is 31.7 Å². The molecule has 3 aliphatic heterocycles. The number of primary amides is 1. The Hall–Kier alpha value is -1.58. The summed E-state index contributed by atoms with van der Waals surface area (Å²) < 4.78 is 23.6. The second-order valence-electron chi connectivity index (χ2n) is 18.2. The van der Waals surface area contributed by atoms with Crippen LogP contribution in [0.15, 0.2) is 0 Å². The van der Waals surface area contributed by atoms with Gasteiger partial charge in [-0.3, -0.25) is 0 Å². The topological polar surface area (TPSA) is 121 Å². The fourth-order valence-corrected chi connectivity index (χ4v) is 13.3.